The number of hydrogen-bond donors (Lipinski definition) is 1. The van der Waals surface area contributed by atoms with Crippen LogP contribution >= 0.6 is 0 Å². The molecule has 0 radical (unpaired) electrons. The fraction of sp³-hybridized carbons (Fsp3) is 0.682. The topological polar surface area (TPSA) is 37.3 Å². The van der Waals surface area contributed by atoms with Gasteiger partial charge in [0.15, 0.2) is 0 Å². The Morgan fingerprint density at radius 1 is 1.12 bits per heavy atom. The maximum absolute atomic E-state index is 11.3. The third-order valence-electron chi connectivity index (χ3n) is 5.47. The fourth-order valence-corrected chi connectivity index (χ4v) is 3.80. The van der Waals surface area contributed by atoms with E-state index in [2.05, 4.69) is 46.8 Å². The van der Waals surface area contributed by atoms with Crippen LogP contribution in [-0.4, -0.2) is 11.1 Å². The Morgan fingerprint density at radius 2 is 1.79 bits per heavy atom. The van der Waals surface area contributed by atoms with Crippen LogP contribution in [0, 0.1) is 24.7 Å². The lowest BCUT2D eigenvalue weighted by molar-refractivity contribution is -0.143. The first-order chi connectivity index (χ1) is 11.1. The summed E-state index contributed by atoms with van der Waals surface area (Å²) in [4.78, 5) is 11.3. The Kier molecular flexibility index (Phi) is 5.78. The van der Waals surface area contributed by atoms with E-state index in [1.54, 1.807) is 0 Å². The minimum atomic E-state index is -0.590. The Labute approximate surface area is 147 Å². The van der Waals surface area contributed by atoms with Crippen LogP contribution in [0.25, 0.3) is 0 Å². The van der Waals surface area contributed by atoms with Crippen molar-refractivity contribution in [2.24, 2.45) is 10.8 Å². The van der Waals surface area contributed by atoms with Crippen molar-refractivity contribution in [2.45, 2.75) is 86.0 Å². The third kappa shape index (κ3) is 5.09. The van der Waals surface area contributed by atoms with Gasteiger partial charge in [-0.1, -0.05) is 38.5 Å². The molecule has 0 aromatic heterocycles. The molecule has 2 nitrogen and oxygen atoms in total. The summed E-state index contributed by atoms with van der Waals surface area (Å²) < 4.78 is 0. The third-order valence-corrected chi connectivity index (χ3v) is 5.47. The highest BCUT2D eigenvalue weighted by Crippen LogP contribution is 2.50. The van der Waals surface area contributed by atoms with Crippen molar-refractivity contribution in [1.29, 1.82) is 0 Å². The molecule has 0 unspecified atom stereocenters. The van der Waals surface area contributed by atoms with Gasteiger partial charge < -0.3 is 5.11 Å². The zero-order valence-corrected chi connectivity index (χ0v) is 16.2. The van der Waals surface area contributed by atoms with Crippen LogP contribution in [0.5, 0.6) is 0 Å². The van der Waals surface area contributed by atoms with Crippen molar-refractivity contribution >= 4 is 5.97 Å². The van der Waals surface area contributed by atoms with E-state index < -0.39 is 5.97 Å². The van der Waals surface area contributed by atoms with Gasteiger partial charge in [0.1, 0.15) is 0 Å². The summed E-state index contributed by atoms with van der Waals surface area (Å²) in [7, 11) is 0. The zero-order chi connectivity index (χ0) is 18.0. The van der Waals surface area contributed by atoms with Gasteiger partial charge in [0.05, 0.1) is 5.41 Å². The predicted octanol–water partition coefficient (Wildman–Crippen LogP) is 5.86. The summed E-state index contributed by atoms with van der Waals surface area (Å²) in [6.45, 7) is 11.3. The zero-order valence-electron chi connectivity index (χ0n) is 16.2. The van der Waals surface area contributed by atoms with Gasteiger partial charge in [-0.3, -0.25) is 4.79 Å². The lowest BCUT2D eigenvalue weighted by Gasteiger charge is -2.20. The lowest BCUT2D eigenvalue weighted by atomic mass is 9.86. The molecular formula is C22H34O2. The van der Waals surface area contributed by atoms with Gasteiger partial charge in [0.2, 0.25) is 0 Å². The number of carboxylic acids is 1. The van der Waals surface area contributed by atoms with Crippen LogP contribution in [-0.2, 0) is 17.6 Å². The second kappa shape index (κ2) is 7.29. The van der Waals surface area contributed by atoms with Crippen LogP contribution in [0.3, 0.4) is 0 Å². The summed E-state index contributed by atoms with van der Waals surface area (Å²) in [6, 6.07) is 4.61. The molecule has 1 N–H and O–H groups in total. The Morgan fingerprint density at radius 3 is 2.33 bits per heavy atom. The van der Waals surface area contributed by atoms with Gasteiger partial charge in [0.25, 0.3) is 0 Å². The molecule has 1 aromatic carbocycles. The van der Waals surface area contributed by atoms with Gasteiger partial charge in [-0.05, 0) is 87.3 Å². The molecule has 0 saturated heterocycles. The van der Waals surface area contributed by atoms with Crippen LogP contribution in [0.4, 0.5) is 0 Å². The first kappa shape index (κ1) is 19.0. The van der Waals surface area contributed by atoms with E-state index >= 15 is 0 Å². The monoisotopic (exact) mass is 330 g/mol. The summed E-state index contributed by atoms with van der Waals surface area (Å²) in [5.41, 5.74) is 5.68. The predicted molar refractivity (Wildman–Crippen MR) is 101 cm³/mol. The summed E-state index contributed by atoms with van der Waals surface area (Å²) in [5, 5.41) is 9.34. The average molecular weight is 331 g/mol. The molecule has 0 amide bonds. The number of aryl methyl sites for hydroxylation is 3. The quantitative estimate of drug-likeness (QED) is 0.648. The highest BCUT2D eigenvalue weighted by Gasteiger charge is 2.49. The molecule has 0 bridgehead atoms. The van der Waals surface area contributed by atoms with Gasteiger partial charge in [0, 0.05) is 0 Å². The number of hydrogen-bond acceptors (Lipinski definition) is 1. The molecule has 2 heteroatoms. The molecule has 0 heterocycles. The molecule has 0 atom stereocenters. The van der Waals surface area contributed by atoms with Crippen molar-refractivity contribution in [2.75, 3.05) is 0 Å². The molecule has 2 rings (SSSR count). The normalized spacial score (nSPS) is 16.2. The van der Waals surface area contributed by atoms with E-state index in [-0.39, 0.29) is 5.41 Å². The summed E-state index contributed by atoms with van der Waals surface area (Å²) in [6.07, 6.45) is 8.17. The van der Waals surface area contributed by atoms with Gasteiger partial charge in [-0.15, -0.1) is 0 Å². The number of benzene rings is 1. The van der Waals surface area contributed by atoms with Gasteiger partial charge >= 0.3 is 5.97 Å². The van der Waals surface area contributed by atoms with E-state index in [0.717, 1.165) is 38.5 Å². The van der Waals surface area contributed by atoms with Crippen molar-refractivity contribution in [1.82, 2.24) is 0 Å². The van der Waals surface area contributed by atoms with Crippen molar-refractivity contribution in [3.8, 4) is 0 Å². The van der Waals surface area contributed by atoms with Gasteiger partial charge in [-0.25, -0.2) is 0 Å². The van der Waals surface area contributed by atoms with E-state index in [4.69, 9.17) is 0 Å². The number of rotatable bonds is 8. The minimum absolute atomic E-state index is 0.384. The van der Waals surface area contributed by atoms with Crippen molar-refractivity contribution < 1.29 is 9.90 Å². The summed E-state index contributed by atoms with van der Waals surface area (Å²) >= 11 is 0. The molecule has 0 spiro atoms. The number of aliphatic carboxylic acids is 1. The molecule has 0 aliphatic heterocycles. The fourth-order valence-electron chi connectivity index (χ4n) is 3.80. The van der Waals surface area contributed by atoms with Crippen molar-refractivity contribution in [3.63, 3.8) is 0 Å². The Bertz CT molecular complexity index is 589. The Balaban J connectivity index is 2.00. The molecule has 134 valence electrons. The highest BCUT2D eigenvalue weighted by molar-refractivity contribution is 5.77. The molecule has 1 aliphatic carbocycles. The van der Waals surface area contributed by atoms with Crippen molar-refractivity contribution in [3.05, 3.63) is 34.4 Å². The smallest absolute Gasteiger partial charge is 0.309 e. The van der Waals surface area contributed by atoms with Crippen LogP contribution < -0.4 is 0 Å². The van der Waals surface area contributed by atoms with Crippen LogP contribution in [0.15, 0.2) is 12.1 Å². The largest absolute Gasteiger partial charge is 0.481 e. The standard InChI is InChI=1S/C22H34O2/c1-16-14-17(2)19(9-7-10-21(3,4)5)18(15-16)8-6-11-22(12-13-22)20(23)24/h14-15H,6-13H2,1-5H3,(H,23,24). The average Bonchev–Trinajstić information content (AvgIpc) is 3.21. The SMILES string of the molecule is Cc1cc(C)c(CCCC(C)(C)C)c(CCCC2(C(=O)O)CC2)c1. The van der Waals surface area contributed by atoms with E-state index in [9.17, 15) is 9.90 Å². The second-order valence-corrected chi connectivity index (χ2v) is 9.07. The molecule has 1 fully saturated rings. The summed E-state index contributed by atoms with van der Waals surface area (Å²) in [5.74, 6) is -0.590. The van der Waals surface area contributed by atoms with E-state index in [0.29, 0.717) is 5.41 Å². The first-order valence-electron chi connectivity index (χ1n) is 9.45. The molecular weight excluding hydrogens is 296 g/mol. The molecule has 1 aliphatic rings. The van der Waals surface area contributed by atoms with E-state index in [1.165, 1.54) is 35.1 Å². The maximum atomic E-state index is 11.3. The second-order valence-electron chi connectivity index (χ2n) is 9.07. The number of carbonyl (C=O) groups is 1. The number of carboxylic acid groups (broad SMARTS) is 1. The van der Waals surface area contributed by atoms with Gasteiger partial charge in [-0.2, -0.15) is 0 Å². The maximum Gasteiger partial charge on any atom is 0.309 e. The van der Waals surface area contributed by atoms with Crippen LogP contribution in [0.1, 0.15) is 81.5 Å². The highest BCUT2D eigenvalue weighted by atomic mass is 16.4. The molecule has 1 aromatic rings. The first-order valence-corrected chi connectivity index (χ1v) is 9.45. The molecule has 1 saturated carbocycles. The molecule has 24 heavy (non-hydrogen) atoms. The van der Waals surface area contributed by atoms with E-state index in [1.807, 2.05) is 0 Å². The lowest BCUT2D eigenvalue weighted by Crippen LogP contribution is -2.15. The Hall–Kier alpha value is -1.31. The van der Waals surface area contributed by atoms with Crippen LogP contribution in [0.2, 0.25) is 0 Å². The minimum Gasteiger partial charge on any atom is -0.481 e.